The maximum absolute atomic E-state index is 6.46. The summed E-state index contributed by atoms with van der Waals surface area (Å²) in [4.78, 5) is 2.48. The fourth-order valence-corrected chi connectivity index (χ4v) is 2.72. The van der Waals surface area contributed by atoms with Gasteiger partial charge in [-0.25, -0.2) is 0 Å². The molecule has 1 aromatic carbocycles. The number of hydrogen-bond acceptors (Lipinski definition) is 2. The summed E-state index contributed by atoms with van der Waals surface area (Å²) in [5.41, 5.74) is 2.50. The molecule has 0 radical (unpaired) electrons. The summed E-state index contributed by atoms with van der Waals surface area (Å²) in [7, 11) is 0. The molecule has 0 bridgehead atoms. The van der Waals surface area contributed by atoms with E-state index in [1.54, 1.807) is 0 Å². The summed E-state index contributed by atoms with van der Waals surface area (Å²) in [5, 5.41) is 4.36. The Morgan fingerprint density at radius 3 is 2.43 bits per heavy atom. The van der Waals surface area contributed by atoms with Gasteiger partial charge in [0, 0.05) is 41.4 Å². The lowest BCUT2D eigenvalue weighted by Crippen LogP contribution is -2.33. The maximum Gasteiger partial charge on any atom is 0.0471 e. The molecule has 1 N–H and O–H groups in total. The zero-order valence-corrected chi connectivity index (χ0v) is 15.0. The largest absolute Gasteiger partial charge is 0.369 e. The Kier molecular flexibility index (Phi) is 8.13. The van der Waals surface area contributed by atoms with Crippen LogP contribution >= 0.6 is 11.6 Å². The number of anilines is 1. The Labute approximate surface area is 135 Å². The third-order valence-electron chi connectivity index (χ3n) is 3.72. The van der Waals surface area contributed by atoms with E-state index in [1.165, 1.54) is 30.5 Å². The molecule has 0 amide bonds. The van der Waals surface area contributed by atoms with Crippen LogP contribution < -0.4 is 10.2 Å². The van der Waals surface area contributed by atoms with Crippen LogP contribution in [0.2, 0.25) is 5.02 Å². The van der Waals surface area contributed by atoms with Crippen LogP contribution in [0.5, 0.6) is 0 Å². The second kappa shape index (κ2) is 9.32. The molecule has 21 heavy (non-hydrogen) atoms. The topological polar surface area (TPSA) is 15.3 Å². The van der Waals surface area contributed by atoms with Crippen molar-refractivity contribution in [3.63, 3.8) is 0 Å². The van der Waals surface area contributed by atoms with Gasteiger partial charge in [0.25, 0.3) is 0 Å². The normalized spacial score (nSPS) is 11.4. The summed E-state index contributed by atoms with van der Waals surface area (Å²) >= 11 is 6.46. The van der Waals surface area contributed by atoms with E-state index in [4.69, 9.17) is 11.6 Å². The minimum absolute atomic E-state index is 0.460. The minimum atomic E-state index is 0.460. The van der Waals surface area contributed by atoms with E-state index in [2.05, 4.69) is 57.0 Å². The summed E-state index contributed by atoms with van der Waals surface area (Å²) < 4.78 is 0. The standard InChI is InChI=1S/C18H31ClN2/c1-6-7-8-12-21(15(4)5)18-11-9-10-17(19)16(18)13-20-14(2)3/h9-11,14-15,20H,6-8,12-13H2,1-5H3. The van der Waals surface area contributed by atoms with Crippen molar-refractivity contribution in [1.82, 2.24) is 5.32 Å². The van der Waals surface area contributed by atoms with Gasteiger partial charge in [-0.3, -0.25) is 0 Å². The highest BCUT2D eigenvalue weighted by molar-refractivity contribution is 6.31. The first-order valence-electron chi connectivity index (χ1n) is 8.24. The molecule has 0 aromatic heterocycles. The maximum atomic E-state index is 6.46. The van der Waals surface area contributed by atoms with Crippen LogP contribution in [0.25, 0.3) is 0 Å². The predicted molar refractivity (Wildman–Crippen MR) is 95.4 cm³/mol. The van der Waals surface area contributed by atoms with Gasteiger partial charge >= 0.3 is 0 Å². The Hall–Kier alpha value is -0.730. The highest BCUT2D eigenvalue weighted by Gasteiger charge is 2.16. The van der Waals surface area contributed by atoms with Crippen molar-refractivity contribution in [1.29, 1.82) is 0 Å². The van der Waals surface area contributed by atoms with Crippen molar-refractivity contribution in [3.05, 3.63) is 28.8 Å². The minimum Gasteiger partial charge on any atom is -0.369 e. The van der Waals surface area contributed by atoms with E-state index in [0.717, 1.165) is 18.1 Å². The Morgan fingerprint density at radius 2 is 1.86 bits per heavy atom. The lowest BCUT2D eigenvalue weighted by Gasteiger charge is -2.31. The first-order chi connectivity index (χ1) is 9.97. The Morgan fingerprint density at radius 1 is 1.14 bits per heavy atom. The third-order valence-corrected chi connectivity index (χ3v) is 4.07. The fraction of sp³-hybridized carbons (Fsp3) is 0.667. The van der Waals surface area contributed by atoms with E-state index < -0.39 is 0 Å². The number of benzene rings is 1. The zero-order chi connectivity index (χ0) is 15.8. The summed E-state index contributed by atoms with van der Waals surface area (Å²) in [6.45, 7) is 13.0. The molecule has 0 fully saturated rings. The molecule has 2 nitrogen and oxygen atoms in total. The summed E-state index contributed by atoms with van der Waals surface area (Å²) in [6, 6.07) is 7.20. The SMILES string of the molecule is CCCCCN(c1cccc(Cl)c1CNC(C)C)C(C)C. The fourth-order valence-electron chi connectivity index (χ4n) is 2.49. The predicted octanol–water partition coefficient (Wildman–Crippen LogP) is 5.24. The van der Waals surface area contributed by atoms with Gasteiger partial charge in [-0.1, -0.05) is 51.3 Å². The lowest BCUT2D eigenvalue weighted by molar-refractivity contribution is 0.582. The molecule has 0 saturated heterocycles. The molecule has 0 unspecified atom stereocenters. The van der Waals surface area contributed by atoms with Crippen molar-refractivity contribution >= 4 is 17.3 Å². The Balaban J connectivity index is 2.97. The number of nitrogens with zero attached hydrogens (tertiary/aromatic N) is 1. The highest BCUT2D eigenvalue weighted by atomic mass is 35.5. The molecule has 0 heterocycles. The molecule has 1 rings (SSSR count). The average Bonchev–Trinajstić information content (AvgIpc) is 2.41. The second-order valence-electron chi connectivity index (χ2n) is 6.27. The van der Waals surface area contributed by atoms with E-state index in [0.29, 0.717) is 12.1 Å². The molecule has 0 atom stereocenters. The van der Waals surface area contributed by atoms with Crippen molar-refractivity contribution in [3.8, 4) is 0 Å². The molecule has 0 aliphatic rings. The van der Waals surface area contributed by atoms with Crippen LogP contribution in [-0.4, -0.2) is 18.6 Å². The molecule has 0 spiro atoms. The number of unbranched alkanes of at least 4 members (excludes halogenated alkanes) is 2. The van der Waals surface area contributed by atoms with Gasteiger partial charge in [0.1, 0.15) is 0 Å². The quantitative estimate of drug-likeness (QED) is 0.627. The van der Waals surface area contributed by atoms with Crippen LogP contribution in [-0.2, 0) is 6.54 Å². The lowest BCUT2D eigenvalue weighted by atomic mass is 10.1. The third kappa shape index (κ3) is 5.88. The monoisotopic (exact) mass is 310 g/mol. The van der Waals surface area contributed by atoms with Crippen molar-refractivity contribution in [2.75, 3.05) is 11.4 Å². The van der Waals surface area contributed by atoms with Crippen molar-refractivity contribution < 1.29 is 0 Å². The first kappa shape index (κ1) is 18.3. The first-order valence-corrected chi connectivity index (χ1v) is 8.62. The number of nitrogens with one attached hydrogen (secondary N) is 1. The van der Waals surface area contributed by atoms with E-state index in [-0.39, 0.29) is 0 Å². The van der Waals surface area contributed by atoms with Crippen LogP contribution in [0.4, 0.5) is 5.69 Å². The molecule has 0 aliphatic carbocycles. The van der Waals surface area contributed by atoms with Gasteiger partial charge in [0.2, 0.25) is 0 Å². The number of halogens is 1. The average molecular weight is 311 g/mol. The zero-order valence-electron chi connectivity index (χ0n) is 14.2. The van der Waals surface area contributed by atoms with E-state index >= 15 is 0 Å². The van der Waals surface area contributed by atoms with Crippen molar-refractivity contribution in [2.45, 2.75) is 72.5 Å². The van der Waals surface area contributed by atoms with Crippen LogP contribution in [0, 0.1) is 0 Å². The molecule has 3 heteroatoms. The van der Waals surface area contributed by atoms with E-state index in [9.17, 15) is 0 Å². The number of rotatable bonds is 9. The van der Waals surface area contributed by atoms with Crippen LogP contribution in [0.3, 0.4) is 0 Å². The molecular weight excluding hydrogens is 280 g/mol. The van der Waals surface area contributed by atoms with Gasteiger partial charge in [0.15, 0.2) is 0 Å². The summed E-state index contributed by atoms with van der Waals surface area (Å²) in [6.07, 6.45) is 3.77. The summed E-state index contributed by atoms with van der Waals surface area (Å²) in [5.74, 6) is 0. The highest BCUT2D eigenvalue weighted by Crippen LogP contribution is 2.29. The van der Waals surface area contributed by atoms with E-state index in [1.807, 2.05) is 6.07 Å². The smallest absolute Gasteiger partial charge is 0.0471 e. The molecule has 1 aromatic rings. The van der Waals surface area contributed by atoms with Crippen LogP contribution in [0.15, 0.2) is 18.2 Å². The van der Waals surface area contributed by atoms with Gasteiger partial charge in [-0.15, -0.1) is 0 Å². The van der Waals surface area contributed by atoms with Gasteiger partial charge < -0.3 is 10.2 Å². The Bertz CT molecular complexity index is 416. The van der Waals surface area contributed by atoms with Gasteiger partial charge in [0.05, 0.1) is 0 Å². The molecule has 0 saturated carbocycles. The van der Waals surface area contributed by atoms with Gasteiger partial charge in [-0.2, -0.15) is 0 Å². The molecule has 0 aliphatic heterocycles. The van der Waals surface area contributed by atoms with Crippen LogP contribution in [0.1, 0.15) is 59.4 Å². The number of hydrogen-bond donors (Lipinski definition) is 1. The van der Waals surface area contributed by atoms with Crippen molar-refractivity contribution in [2.24, 2.45) is 0 Å². The molecule has 120 valence electrons. The second-order valence-corrected chi connectivity index (χ2v) is 6.67. The van der Waals surface area contributed by atoms with Gasteiger partial charge in [-0.05, 0) is 32.4 Å². The molecular formula is C18H31ClN2.